The third kappa shape index (κ3) is 3.47. The zero-order valence-corrected chi connectivity index (χ0v) is 17.3. The van der Waals surface area contributed by atoms with Gasteiger partial charge in [0, 0.05) is 45.7 Å². The van der Waals surface area contributed by atoms with Crippen LogP contribution >= 0.6 is 0 Å². The van der Waals surface area contributed by atoms with E-state index in [4.69, 9.17) is 0 Å². The maximum Gasteiger partial charge on any atom is 0.233 e. The SMILES string of the molecule is O=C(CCN1C(=O)[C@@H]2[C@@H](C1=O)[C@H]1C=C[C@H]2CC1)N1CCN(Cc2ccccc2)CC1. The minimum absolute atomic E-state index is 0.0472. The lowest BCUT2D eigenvalue weighted by atomic mass is 9.63. The molecule has 2 bridgehead atoms. The Morgan fingerprint density at radius 1 is 0.867 bits per heavy atom. The van der Waals surface area contributed by atoms with E-state index in [1.54, 1.807) is 0 Å². The van der Waals surface area contributed by atoms with Gasteiger partial charge in [-0.1, -0.05) is 42.5 Å². The Labute approximate surface area is 177 Å². The third-order valence-electron chi connectivity index (χ3n) is 7.37. The Kier molecular flexibility index (Phi) is 5.19. The summed E-state index contributed by atoms with van der Waals surface area (Å²) in [6, 6.07) is 10.4. The fraction of sp³-hybridized carbons (Fsp3) is 0.542. The first-order chi connectivity index (χ1) is 14.6. The van der Waals surface area contributed by atoms with Crippen LogP contribution in [0.4, 0.5) is 0 Å². The van der Waals surface area contributed by atoms with Crippen molar-refractivity contribution in [1.82, 2.24) is 14.7 Å². The van der Waals surface area contributed by atoms with Crippen LogP contribution in [0.25, 0.3) is 0 Å². The molecular formula is C24H29N3O3. The van der Waals surface area contributed by atoms with Crippen LogP contribution in [-0.2, 0) is 20.9 Å². The monoisotopic (exact) mass is 407 g/mol. The van der Waals surface area contributed by atoms with Crippen LogP contribution in [0.15, 0.2) is 42.5 Å². The molecule has 6 rings (SSSR count). The molecule has 0 N–H and O–H groups in total. The van der Waals surface area contributed by atoms with Gasteiger partial charge in [-0.2, -0.15) is 0 Å². The Hall–Kier alpha value is -2.47. The minimum atomic E-state index is -0.183. The second kappa shape index (κ2) is 7.99. The van der Waals surface area contributed by atoms with E-state index in [9.17, 15) is 14.4 Å². The maximum absolute atomic E-state index is 12.9. The molecule has 3 fully saturated rings. The molecule has 6 nitrogen and oxygen atoms in total. The molecule has 5 aliphatic rings. The number of rotatable bonds is 5. The Balaban J connectivity index is 1.12. The van der Waals surface area contributed by atoms with Crippen LogP contribution in [0, 0.1) is 23.7 Å². The average Bonchev–Trinajstić information content (AvgIpc) is 3.06. The first kappa shape index (κ1) is 19.5. The second-order valence-corrected chi connectivity index (χ2v) is 9.06. The maximum atomic E-state index is 12.9. The summed E-state index contributed by atoms with van der Waals surface area (Å²) in [6.45, 7) is 4.23. The van der Waals surface area contributed by atoms with E-state index in [-0.39, 0.29) is 54.4 Å². The van der Waals surface area contributed by atoms with Crippen LogP contribution in [0.2, 0.25) is 0 Å². The lowest BCUT2D eigenvalue weighted by Crippen LogP contribution is -2.49. The van der Waals surface area contributed by atoms with Crippen molar-refractivity contribution < 1.29 is 14.4 Å². The molecule has 0 radical (unpaired) electrons. The van der Waals surface area contributed by atoms with Gasteiger partial charge in [0.2, 0.25) is 17.7 Å². The molecule has 30 heavy (non-hydrogen) atoms. The minimum Gasteiger partial charge on any atom is -0.340 e. The van der Waals surface area contributed by atoms with E-state index < -0.39 is 0 Å². The van der Waals surface area contributed by atoms with Gasteiger partial charge in [0.05, 0.1) is 11.8 Å². The first-order valence-corrected chi connectivity index (χ1v) is 11.2. The number of amides is 3. The molecule has 6 heteroatoms. The molecule has 0 spiro atoms. The van der Waals surface area contributed by atoms with Gasteiger partial charge in [0.25, 0.3) is 0 Å². The van der Waals surface area contributed by atoms with Gasteiger partial charge in [-0.15, -0.1) is 0 Å². The van der Waals surface area contributed by atoms with Gasteiger partial charge >= 0.3 is 0 Å². The van der Waals surface area contributed by atoms with Crippen molar-refractivity contribution in [3.05, 3.63) is 48.0 Å². The molecule has 1 saturated carbocycles. The molecule has 2 heterocycles. The Morgan fingerprint density at radius 3 is 2.03 bits per heavy atom. The number of hydrogen-bond acceptors (Lipinski definition) is 4. The molecule has 2 saturated heterocycles. The fourth-order valence-electron chi connectivity index (χ4n) is 5.72. The molecule has 0 unspecified atom stereocenters. The summed E-state index contributed by atoms with van der Waals surface area (Å²) < 4.78 is 0. The highest BCUT2D eigenvalue weighted by Gasteiger charge is 2.56. The van der Waals surface area contributed by atoms with Gasteiger partial charge < -0.3 is 4.90 Å². The molecule has 1 aromatic carbocycles. The van der Waals surface area contributed by atoms with E-state index in [1.165, 1.54) is 10.5 Å². The van der Waals surface area contributed by atoms with E-state index in [0.29, 0.717) is 13.1 Å². The van der Waals surface area contributed by atoms with E-state index in [2.05, 4.69) is 29.2 Å². The fourth-order valence-corrected chi connectivity index (χ4v) is 5.72. The largest absolute Gasteiger partial charge is 0.340 e. The summed E-state index contributed by atoms with van der Waals surface area (Å²) in [7, 11) is 0. The van der Waals surface area contributed by atoms with Crippen LogP contribution < -0.4 is 0 Å². The highest BCUT2D eigenvalue weighted by atomic mass is 16.2. The van der Waals surface area contributed by atoms with Gasteiger partial charge in [0.1, 0.15) is 0 Å². The van der Waals surface area contributed by atoms with Crippen molar-refractivity contribution in [3.63, 3.8) is 0 Å². The Morgan fingerprint density at radius 2 is 1.47 bits per heavy atom. The second-order valence-electron chi connectivity index (χ2n) is 9.06. The molecule has 0 aromatic heterocycles. The normalized spacial score (nSPS) is 30.8. The van der Waals surface area contributed by atoms with E-state index >= 15 is 0 Å². The summed E-state index contributed by atoms with van der Waals surface area (Å²) in [4.78, 5) is 44.1. The lowest BCUT2D eigenvalue weighted by molar-refractivity contribution is -0.141. The summed E-state index contributed by atoms with van der Waals surface area (Å²) >= 11 is 0. The Bertz CT molecular complexity index is 828. The standard InChI is InChI=1S/C24H29N3O3/c28-20(26-14-12-25(13-15-26)16-17-4-2-1-3-5-17)10-11-27-23(29)21-18-6-7-19(9-8-18)22(21)24(27)30/h1-7,18-19,21-22H,8-16H2/t18-,19-,21-,22-/m0/s1. The smallest absolute Gasteiger partial charge is 0.233 e. The highest BCUT2D eigenvalue weighted by Crippen LogP contribution is 2.49. The molecule has 3 amide bonds. The number of nitrogens with zero attached hydrogens (tertiary/aromatic N) is 3. The number of carbonyl (C=O) groups excluding carboxylic acids is 3. The van der Waals surface area contributed by atoms with Gasteiger partial charge in [-0.25, -0.2) is 0 Å². The van der Waals surface area contributed by atoms with Crippen molar-refractivity contribution in [1.29, 1.82) is 0 Å². The van der Waals surface area contributed by atoms with Gasteiger partial charge in [-0.05, 0) is 30.2 Å². The lowest BCUT2D eigenvalue weighted by Gasteiger charge is -2.38. The number of allylic oxidation sites excluding steroid dienone is 2. The van der Waals surface area contributed by atoms with Crippen molar-refractivity contribution in [2.75, 3.05) is 32.7 Å². The molecule has 4 atom stereocenters. The number of hydrogen-bond donors (Lipinski definition) is 0. The van der Waals surface area contributed by atoms with Crippen LogP contribution in [-0.4, -0.2) is 65.1 Å². The topological polar surface area (TPSA) is 60.9 Å². The zero-order valence-electron chi connectivity index (χ0n) is 17.3. The quantitative estimate of drug-likeness (QED) is 0.553. The predicted molar refractivity (Wildman–Crippen MR) is 112 cm³/mol. The third-order valence-corrected chi connectivity index (χ3v) is 7.37. The summed E-state index contributed by atoms with van der Waals surface area (Å²) in [6.07, 6.45) is 6.50. The number of carbonyl (C=O) groups is 3. The molecule has 3 aliphatic carbocycles. The summed E-state index contributed by atoms with van der Waals surface area (Å²) in [5.41, 5.74) is 1.29. The number of fused-ring (bicyclic) bond motifs is 1. The molecule has 158 valence electrons. The summed E-state index contributed by atoms with van der Waals surface area (Å²) in [5.74, 6) is -0.0135. The number of piperazine rings is 1. The molecule has 1 aromatic rings. The van der Waals surface area contributed by atoms with Gasteiger partial charge in [-0.3, -0.25) is 24.2 Å². The van der Waals surface area contributed by atoms with Crippen molar-refractivity contribution in [2.45, 2.75) is 25.8 Å². The highest BCUT2D eigenvalue weighted by molar-refractivity contribution is 6.06. The van der Waals surface area contributed by atoms with Crippen LogP contribution in [0.5, 0.6) is 0 Å². The van der Waals surface area contributed by atoms with Crippen LogP contribution in [0.3, 0.4) is 0 Å². The first-order valence-electron chi connectivity index (χ1n) is 11.2. The number of imide groups is 1. The number of likely N-dealkylation sites (tertiary alicyclic amines) is 1. The van der Waals surface area contributed by atoms with Crippen molar-refractivity contribution >= 4 is 17.7 Å². The van der Waals surface area contributed by atoms with Gasteiger partial charge in [0.15, 0.2) is 0 Å². The summed E-state index contributed by atoms with van der Waals surface area (Å²) in [5, 5.41) is 0. The van der Waals surface area contributed by atoms with Crippen LogP contribution in [0.1, 0.15) is 24.8 Å². The predicted octanol–water partition coefficient (Wildman–Crippen LogP) is 1.92. The van der Waals surface area contributed by atoms with Crippen molar-refractivity contribution in [2.24, 2.45) is 23.7 Å². The molecular weight excluding hydrogens is 378 g/mol. The molecule has 2 aliphatic heterocycles. The van der Waals surface area contributed by atoms with E-state index in [1.807, 2.05) is 23.1 Å². The van der Waals surface area contributed by atoms with E-state index in [0.717, 1.165) is 32.5 Å². The number of benzene rings is 1. The zero-order chi connectivity index (χ0) is 20.7. The van der Waals surface area contributed by atoms with Crippen molar-refractivity contribution in [3.8, 4) is 0 Å². The average molecular weight is 408 g/mol.